The lowest BCUT2D eigenvalue weighted by atomic mass is 9.74. The van der Waals surface area contributed by atoms with E-state index in [9.17, 15) is 14.0 Å². The van der Waals surface area contributed by atoms with Crippen LogP contribution >= 0.6 is 0 Å². The van der Waals surface area contributed by atoms with Crippen LogP contribution in [0.5, 0.6) is 0 Å². The smallest absolute Gasteiger partial charge is 0.339 e. The van der Waals surface area contributed by atoms with E-state index in [1.54, 1.807) is 19.9 Å². The van der Waals surface area contributed by atoms with Crippen LogP contribution < -0.4 is 5.32 Å². The number of amides is 1. The summed E-state index contributed by atoms with van der Waals surface area (Å²) in [6.45, 7) is 4.90. The number of hydrogen-bond acceptors (Lipinski definition) is 4. The number of ether oxygens (including phenoxy) is 2. The fourth-order valence-corrected chi connectivity index (χ4v) is 3.87. The number of halogens is 1. The summed E-state index contributed by atoms with van der Waals surface area (Å²) >= 11 is 0. The molecule has 6 nitrogen and oxygen atoms in total. The zero-order valence-corrected chi connectivity index (χ0v) is 16.4. The molecule has 0 spiro atoms. The number of esters is 1. The number of aromatic amines is 1. The lowest BCUT2D eigenvalue weighted by Gasteiger charge is -2.38. The third-order valence-corrected chi connectivity index (χ3v) is 5.53. The van der Waals surface area contributed by atoms with E-state index in [1.807, 2.05) is 6.07 Å². The number of rotatable bonds is 5. The zero-order chi connectivity index (χ0) is 20.3. The normalized spacial score (nSPS) is 15.9. The molecule has 28 heavy (non-hydrogen) atoms. The van der Waals surface area contributed by atoms with Gasteiger partial charge in [0.1, 0.15) is 11.5 Å². The minimum absolute atomic E-state index is 0.298. The third kappa shape index (κ3) is 3.80. The topological polar surface area (TPSA) is 80.4 Å². The monoisotopic (exact) mass is 388 g/mol. The number of aromatic nitrogens is 1. The molecule has 1 fully saturated rings. The molecule has 7 heteroatoms. The summed E-state index contributed by atoms with van der Waals surface area (Å²) < 4.78 is 24.1. The van der Waals surface area contributed by atoms with Gasteiger partial charge in [0.05, 0.1) is 12.7 Å². The minimum atomic E-state index is -0.481. The average Bonchev–Trinajstić information content (AvgIpc) is 3.00. The van der Waals surface area contributed by atoms with Crippen LogP contribution in [0, 0.1) is 19.7 Å². The van der Waals surface area contributed by atoms with E-state index in [0.29, 0.717) is 55.1 Å². The number of methoxy groups -OCH3 is 1. The summed E-state index contributed by atoms with van der Waals surface area (Å²) in [5.74, 6) is -1.09. The van der Waals surface area contributed by atoms with Crippen molar-refractivity contribution >= 4 is 11.9 Å². The summed E-state index contributed by atoms with van der Waals surface area (Å²) in [5, 5.41) is 2.97. The summed E-state index contributed by atoms with van der Waals surface area (Å²) in [6, 6.07) is 6.51. The van der Waals surface area contributed by atoms with E-state index in [1.165, 1.54) is 19.2 Å². The first-order valence-electron chi connectivity index (χ1n) is 9.27. The zero-order valence-electron chi connectivity index (χ0n) is 16.4. The van der Waals surface area contributed by atoms with Gasteiger partial charge >= 0.3 is 5.97 Å². The lowest BCUT2D eigenvalue weighted by molar-refractivity contribution is 0.0485. The van der Waals surface area contributed by atoms with Crippen LogP contribution in [0.3, 0.4) is 0 Å². The summed E-state index contributed by atoms with van der Waals surface area (Å²) in [7, 11) is 1.31. The highest BCUT2D eigenvalue weighted by Gasteiger charge is 2.35. The van der Waals surface area contributed by atoms with Crippen LogP contribution in [0.15, 0.2) is 24.3 Å². The van der Waals surface area contributed by atoms with E-state index >= 15 is 0 Å². The molecule has 1 aromatic carbocycles. The van der Waals surface area contributed by atoms with E-state index in [4.69, 9.17) is 9.47 Å². The Morgan fingerprint density at radius 3 is 2.64 bits per heavy atom. The van der Waals surface area contributed by atoms with Gasteiger partial charge in [-0.3, -0.25) is 4.79 Å². The van der Waals surface area contributed by atoms with Crippen LogP contribution in [0.4, 0.5) is 4.39 Å². The molecule has 2 heterocycles. The maximum Gasteiger partial charge on any atom is 0.339 e. The number of carbonyl (C=O) groups excluding carboxylic acids is 2. The van der Waals surface area contributed by atoms with Gasteiger partial charge in [-0.15, -0.1) is 0 Å². The molecule has 1 amide bonds. The molecule has 150 valence electrons. The van der Waals surface area contributed by atoms with Gasteiger partial charge in [0.2, 0.25) is 0 Å². The van der Waals surface area contributed by atoms with Crippen molar-refractivity contribution in [3.8, 4) is 0 Å². The molecular formula is C21H25FN2O4. The van der Waals surface area contributed by atoms with E-state index < -0.39 is 11.4 Å². The summed E-state index contributed by atoms with van der Waals surface area (Å²) in [6.07, 6.45) is 1.37. The summed E-state index contributed by atoms with van der Waals surface area (Å²) in [4.78, 5) is 27.7. The van der Waals surface area contributed by atoms with Crippen molar-refractivity contribution < 1.29 is 23.5 Å². The second-order valence-electron chi connectivity index (χ2n) is 7.20. The molecule has 1 saturated heterocycles. The number of aryl methyl sites for hydroxylation is 1. The summed E-state index contributed by atoms with van der Waals surface area (Å²) in [5.41, 5.74) is 2.30. The highest BCUT2D eigenvalue weighted by molar-refractivity contribution is 6.00. The van der Waals surface area contributed by atoms with Crippen molar-refractivity contribution in [3.63, 3.8) is 0 Å². The first-order chi connectivity index (χ1) is 13.4. The van der Waals surface area contributed by atoms with Gasteiger partial charge in [-0.2, -0.15) is 0 Å². The molecular weight excluding hydrogens is 363 g/mol. The van der Waals surface area contributed by atoms with Crippen molar-refractivity contribution in [2.45, 2.75) is 32.1 Å². The Hall–Kier alpha value is -2.67. The van der Waals surface area contributed by atoms with Crippen LogP contribution in [-0.2, 0) is 14.9 Å². The van der Waals surface area contributed by atoms with Crippen LogP contribution in [0.2, 0.25) is 0 Å². The Morgan fingerprint density at radius 2 is 2.00 bits per heavy atom. The Labute approximate surface area is 163 Å². The van der Waals surface area contributed by atoms with Crippen molar-refractivity contribution in [1.82, 2.24) is 10.3 Å². The molecule has 2 N–H and O–H groups in total. The van der Waals surface area contributed by atoms with E-state index in [2.05, 4.69) is 10.3 Å². The maximum absolute atomic E-state index is 13.8. The molecule has 1 aliphatic heterocycles. The van der Waals surface area contributed by atoms with Crippen molar-refractivity contribution in [2.24, 2.45) is 0 Å². The maximum atomic E-state index is 13.8. The molecule has 0 unspecified atom stereocenters. The quantitative estimate of drug-likeness (QED) is 0.772. The molecule has 0 radical (unpaired) electrons. The Bertz CT molecular complexity index is 885. The second-order valence-corrected chi connectivity index (χ2v) is 7.20. The molecule has 0 atom stereocenters. The molecule has 1 aromatic heterocycles. The van der Waals surface area contributed by atoms with Gasteiger partial charge in [0, 0.05) is 30.9 Å². The van der Waals surface area contributed by atoms with Crippen LogP contribution in [0.25, 0.3) is 0 Å². The number of carbonyl (C=O) groups is 2. The minimum Gasteiger partial charge on any atom is -0.465 e. The Balaban J connectivity index is 1.83. The third-order valence-electron chi connectivity index (χ3n) is 5.53. The second kappa shape index (κ2) is 8.14. The van der Waals surface area contributed by atoms with Crippen molar-refractivity contribution in [3.05, 3.63) is 58.2 Å². The molecule has 0 saturated carbocycles. The fourth-order valence-electron chi connectivity index (χ4n) is 3.87. The highest BCUT2D eigenvalue weighted by Crippen LogP contribution is 2.34. The molecule has 2 aromatic rings. The van der Waals surface area contributed by atoms with E-state index in [0.717, 1.165) is 5.56 Å². The number of hydrogen-bond donors (Lipinski definition) is 2. The number of benzene rings is 1. The Morgan fingerprint density at radius 1 is 1.29 bits per heavy atom. The van der Waals surface area contributed by atoms with Gasteiger partial charge in [0.15, 0.2) is 0 Å². The fraction of sp³-hybridized carbons (Fsp3) is 0.429. The van der Waals surface area contributed by atoms with Gasteiger partial charge in [-0.25, -0.2) is 9.18 Å². The van der Waals surface area contributed by atoms with Gasteiger partial charge in [0.25, 0.3) is 5.91 Å². The van der Waals surface area contributed by atoms with Crippen molar-refractivity contribution in [1.29, 1.82) is 0 Å². The predicted octanol–water partition coefficient (Wildman–Crippen LogP) is 3.04. The standard InChI is InChI=1S/C21H25FN2O4/c1-13-17(20(26)27-3)14(2)24-18(13)19(25)23-12-21(7-9-28-10-8-21)15-5-4-6-16(22)11-15/h4-6,11,24H,7-10,12H2,1-3H3,(H,23,25). The van der Waals surface area contributed by atoms with Crippen LogP contribution in [0.1, 0.15) is 50.5 Å². The Kier molecular flexibility index (Phi) is 5.84. The van der Waals surface area contributed by atoms with Gasteiger partial charge < -0.3 is 19.8 Å². The molecule has 3 rings (SSSR count). The SMILES string of the molecule is COC(=O)c1c(C)[nH]c(C(=O)NCC2(c3cccc(F)c3)CCOCC2)c1C. The molecule has 1 aliphatic rings. The largest absolute Gasteiger partial charge is 0.465 e. The van der Waals surface area contributed by atoms with Crippen molar-refractivity contribution in [2.75, 3.05) is 26.9 Å². The average molecular weight is 388 g/mol. The number of H-pyrrole nitrogens is 1. The van der Waals surface area contributed by atoms with Gasteiger partial charge in [-0.05, 0) is 49.9 Å². The van der Waals surface area contributed by atoms with Crippen LogP contribution in [-0.4, -0.2) is 43.7 Å². The molecule has 0 aliphatic carbocycles. The molecule has 0 bridgehead atoms. The first-order valence-corrected chi connectivity index (χ1v) is 9.27. The lowest BCUT2D eigenvalue weighted by Crippen LogP contribution is -2.44. The number of nitrogens with one attached hydrogen (secondary N) is 2. The first kappa shape index (κ1) is 20.1. The predicted molar refractivity (Wildman–Crippen MR) is 102 cm³/mol. The highest BCUT2D eigenvalue weighted by atomic mass is 19.1. The van der Waals surface area contributed by atoms with Gasteiger partial charge in [-0.1, -0.05) is 12.1 Å². The van der Waals surface area contributed by atoms with E-state index in [-0.39, 0.29) is 11.7 Å².